The fourth-order valence-corrected chi connectivity index (χ4v) is 1.56. The van der Waals surface area contributed by atoms with E-state index in [1.165, 1.54) is 11.1 Å². The van der Waals surface area contributed by atoms with Crippen LogP contribution < -0.4 is 5.73 Å². The van der Waals surface area contributed by atoms with Gasteiger partial charge in [0.1, 0.15) is 0 Å². The van der Waals surface area contributed by atoms with Crippen molar-refractivity contribution in [1.29, 1.82) is 0 Å². The number of nitrogens with zero attached hydrogens (tertiary/aromatic N) is 2. The van der Waals surface area contributed by atoms with Gasteiger partial charge in [0, 0.05) is 6.42 Å². The number of nitrogens with two attached hydrogens (primary N) is 1. The lowest BCUT2D eigenvalue weighted by Gasteiger charge is -1.98. The number of hydrogen-bond donors (Lipinski definition) is 1. The molecule has 0 saturated heterocycles. The highest BCUT2D eigenvalue weighted by atomic mass is 16.5. The molecule has 0 bridgehead atoms. The van der Waals surface area contributed by atoms with Gasteiger partial charge in [0.15, 0.2) is 5.82 Å². The third-order valence-electron chi connectivity index (χ3n) is 2.64. The van der Waals surface area contributed by atoms with Gasteiger partial charge in [-0.05, 0) is 25.8 Å². The highest BCUT2D eigenvalue weighted by Crippen LogP contribution is 2.09. The summed E-state index contributed by atoms with van der Waals surface area (Å²) in [5.74, 6) is 1.22. The largest absolute Gasteiger partial charge is 0.339 e. The van der Waals surface area contributed by atoms with Crippen LogP contribution >= 0.6 is 0 Å². The number of hydrogen-bond acceptors (Lipinski definition) is 4. The van der Waals surface area contributed by atoms with Crippen LogP contribution in [0.1, 0.15) is 35.8 Å². The second kappa shape index (κ2) is 5.10. The molecule has 0 fully saturated rings. The Labute approximate surface area is 101 Å². The second-order valence-corrected chi connectivity index (χ2v) is 4.32. The molecule has 0 aliphatic carbocycles. The summed E-state index contributed by atoms with van der Waals surface area (Å²) in [6.07, 6.45) is 1.66. The van der Waals surface area contributed by atoms with Gasteiger partial charge in [0.05, 0.1) is 6.04 Å². The van der Waals surface area contributed by atoms with Crippen LogP contribution in [0.15, 0.2) is 28.8 Å². The van der Waals surface area contributed by atoms with E-state index in [0.29, 0.717) is 11.7 Å². The summed E-state index contributed by atoms with van der Waals surface area (Å²) in [6, 6.07) is 8.29. The fraction of sp³-hybridized carbons (Fsp3) is 0.385. The predicted molar refractivity (Wildman–Crippen MR) is 65.5 cm³/mol. The summed E-state index contributed by atoms with van der Waals surface area (Å²) in [6.45, 7) is 3.92. The highest BCUT2D eigenvalue weighted by Gasteiger charge is 2.09. The molecular formula is C13H17N3O. The molecule has 1 atom stereocenters. The van der Waals surface area contributed by atoms with E-state index in [9.17, 15) is 0 Å². The van der Waals surface area contributed by atoms with E-state index < -0.39 is 0 Å². The maximum atomic E-state index is 5.67. The van der Waals surface area contributed by atoms with E-state index in [-0.39, 0.29) is 6.04 Å². The maximum absolute atomic E-state index is 5.67. The van der Waals surface area contributed by atoms with Crippen LogP contribution in [0.3, 0.4) is 0 Å². The average molecular weight is 231 g/mol. The van der Waals surface area contributed by atoms with Crippen LogP contribution in [0, 0.1) is 6.92 Å². The SMILES string of the molecule is Cc1ccc(CCc2nc(C(C)N)no2)cc1. The summed E-state index contributed by atoms with van der Waals surface area (Å²) in [4.78, 5) is 4.24. The van der Waals surface area contributed by atoms with Crippen molar-refractivity contribution in [3.63, 3.8) is 0 Å². The summed E-state index contributed by atoms with van der Waals surface area (Å²) in [5.41, 5.74) is 8.21. The molecule has 1 aromatic carbocycles. The number of aromatic nitrogens is 2. The van der Waals surface area contributed by atoms with Gasteiger partial charge >= 0.3 is 0 Å². The zero-order valence-corrected chi connectivity index (χ0v) is 10.2. The van der Waals surface area contributed by atoms with Crippen molar-refractivity contribution < 1.29 is 4.52 Å². The Morgan fingerprint density at radius 2 is 1.94 bits per heavy atom. The van der Waals surface area contributed by atoms with Gasteiger partial charge in [-0.25, -0.2) is 0 Å². The monoisotopic (exact) mass is 231 g/mol. The van der Waals surface area contributed by atoms with Crippen molar-refractivity contribution >= 4 is 0 Å². The Balaban J connectivity index is 1.95. The molecule has 2 aromatic rings. The van der Waals surface area contributed by atoms with Crippen molar-refractivity contribution in [2.75, 3.05) is 0 Å². The molecule has 2 rings (SSSR count). The Morgan fingerprint density at radius 3 is 2.53 bits per heavy atom. The van der Waals surface area contributed by atoms with Crippen molar-refractivity contribution in [2.45, 2.75) is 32.7 Å². The minimum absolute atomic E-state index is 0.174. The van der Waals surface area contributed by atoms with Gasteiger partial charge in [0.2, 0.25) is 5.89 Å². The normalized spacial score (nSPS) is 12.6. The molecule has 0 aliphatic rings. The van der Waals surface area contributed by atoms with Gasteiger partial charge in [-0.3, -0.25) is 0 Å². The molecule has 0 aliphatic heterocycles. The zero-order valence-electron chi connectivity index (χ0n) is 10.2. The third kappa shape index (κ3) is 3.14. The molecule has 0 spiro atoms. The predicted octanol–water partition coefficient (Wildman–Crippen LogP) is 2.18. The van der Waals surface area contributed by atoms with Crippen molar-refractivity contribution in [3.05, 3.63) is 47.1 Å². The molecule has 0 radical (unpaired) electrons. The van der Waals surface area contributed by atoms with E-state index in [1.54, 1.807) is 0 Å². The minimum atomic E-state index is -0.174. The molecule has 0 saturated carbocycles. The van der Waals surface area contributed by atoms with Crippen molar-refractivity contribution in [1.82, 2.24) is 10.1 Å². The Kier molecular flexibility index (Phi) is 3.54. The van der Waals surface area contributed by atoms with Crippen LogP contribution in [0.2, 0.25) is 0 Å². The van der Waals surface area contributed by atoms with Crippen LogP contribution in [-0.4, -0.2) is 10.1 Å². The van der Waals surface area contributed by atoms with E-state index in [0.717, 1.165) is 12.8 Å². The zero-order chi connectivity index (χ0) is 12.3. The van der Waals surface area contributed by atoms with Gasteiger partial charge in [-0.2, -0.15) is 4.98 Å². The highest BCUT2D eigenvalue weighted by molar-refractivity contribution is 5.21. The first-order valence-electron chi connectivity index (χ1n) is 5.79. The lowest BCUT2D eigenvalue weighted by molar-refractivity contribution is 0.370. The maximum Gasteiger partial charge on any atom is 0.227 e. The molecular weight excluding hydrogens is 214 g/mol. The molecule has 0 amide bonds. The average Bonchev–Trinajstić information content (AvgIpc) is 2.77. The minimum Gasteiger partial charge on any atom is -0.339 e. The molecule has 1 heterocycles. The van der Waals surface area contributed by atoms with Gasteiger partial charge in [0.25, 0.3) is 0 Å². The molecule has 2 N–H and O–H groups in total. The number of aryl methyl sites for hydroxylation is 3. The summed E-state index contributed by atoms with van der Waals surface area (Å²) >= 11 is 0. The summed E-state index contributed by atoms with van der Waals surface area (Å²) in [7, 11) is 0. The standard InChI is InChI=1S/C13H17N3O/c1-9-3-5-11(6-4-9)7-8-12-15-13(10(2)14)16-17-12/h3-6,10H,7-8,14H2,1-2H3. The van der Waals surface area contributed by atoms with E-state index in [4.69, 9.17) is 10.3 Å². The van der Waals surface area contributed by atoms with Crippen molar-refractivity contribution in [2.24, 2.45) is 5.73 Å². The van der Waals surface area contributed by atoms with Crippen molar-refractivity contribution in [3.8, 4) is 0 Å². The quantitative estimate of drug-likeness (QED) is 0.876. The second-order valence-electron chi connectivity index (χ2n) is 4.32. The molecule has 90 valence electrons. The first-order chi connectivity index (χ1) is 8.15. The Hall–Kier alpha value is -1.68. The van der Waals surface area contributed by atoms with Crippen LogP contribution in [-0.2, 0) is 12.8 Å². The van der Waals surface area contributed by atoms with Crippen LogP contribution in [0.4, 0.5) is 0 Å². The summed E-state index contributed by atoms with van der Waals surface area (Å²) in [5, 5.41) is 3.83. The summed E-state index contributed by atoms with van der Waals surface area (Å²) < 4.78 is 5.13. The number of rotatable bonds is 4. The molecule has 1 aromatic heterocycles. The molecule has 1 unspecified atom stereocenters. The first kappa shape index (κ1) is 11.8. The van der Waals surface area contributed by atoms with E-state index >= 15 is 0 Å². The lowest BCUT2D eigenvalue weighted by Crippen LogP contribution is -2.06. The third-order valence-corrected chi connectivity index (χ3v) is 2.64. The van der Waals surface area contributed by atoms with E-state index in [2.05, 4.69) is 41.3 Å². The van der Waals surface area contributed by atoms with Gasteiger partial charge in [-0.1, -0.05) is 35.0 Å². The van der Waals surface area contributed by atoms with Gasteiger partial charge in [-0.15, -0.1) is 0 Å². The Morgan fingerprint density at radius 1 is 1.24 bits per heavy atom. The van der Waals surface area contributed by atoms with Crippen LogP contribution in [0.25, 0.3) is 0 Å². The lowest BCUT2D eigenvalue weighted by atomic mass is 10.1. The molecule has 4 nitrogen and oxygen atoms in total. The van der Waals surface area contributed by atoms with E-state index in [1.807, 2.05) is 6.92 Å². The fourth-order valence-electron chi connectivity index (χ4n) is 1.56. The Bertz CT molecular complexity index is 474. The molecule has 17 heavy (non-hydrogen) atoms. The number of benzene rings is 1. The first-order valence-corrected chi connectivity index (χ1v) is 5.79. The van der Waals surface area contributed by atoms with Crippen LogP contribution in [0.5, 0.6) is 0 Å². The topological polar surface area (TPSA) is 64.9 Å². The van der Waals surface area contributed by atoms with Gasteiger partial charge < -0.3 is 10.3 Å². The molecule has 4 heteroatoms. The smallest absolute Gasteiger partial charge is 0.227 e.